The van der Waals surface area contributed by atoms with Gasteiger partial charge in [-0.05, 0) is 57.2 Å². The monoisotopic (exact) mass is 297 g/mol. The molecule has 0 bridgehead atoms. The standard InChI is InChI=1S/C17H25F2NO/c1-11(2)15(16(21)20-17(3,4)5)7-6-12-8-13(18)10-14(19)9-12/h8-11,15H,6-7H2,1-5H3,(H,20,21). The van der Waals surface area contributed by atoms with E-state index >= 15 is 0 Å². The summed E-state index contributed by atoms with van der Waals surface area (Å²) in [5, 5.41) is 2.97. The van der Waals surface area contributed by atoms with Crippen molar-refractivity contribution >= 4 is 5.91 Å². The van der Waals surface area contributed by atoms with Crippen LogP contribution >= 0.6 is 0 Å². The summed E-state index contributed by atoms with van der Waals surface area (Å²) < 4.78 is 26.3. The van der Waals surface area contributed by atoms with Gasteiger partial charge in [0, 0.05) is 17.5 Å². The molecule has 1 unspecified atom stereocenters. The molecule has 1 rings (SSSR count). The topological polar surface area (TPSA) is 29.1 Å². The lowest BCUT2D eigenvalue weighted by molar-refractivity contribution is -0.128. The summed E-state index contributed by atoms with van der Waals surface area (Å²) in [7, 11) is 0. The summed E-state index contributed by atoms with van der Waals surface area (Å²) in [6.45, 7) is 9.77. The van der Waals surface area contributed by atoms with Gasteiger partial charge in [-0.1, -0.05) is 13.8 Å². The fraction of sp³-hybridized carbons (Fsp3) is 0.588. The Balaban J connectivity index is 2.73. The van der Waals surface area contributed by atoms with Crippen LogP contribution in [0.2, 0.25) is 0 Å². The van der Waals surface area contributed by atoms with Gasteiger partial charge in [-0.2, -0.15) is 0 Å². The molecule has 0 saturated carbocycles. The molecule has 0 aliphatic heterocycles. The highest BCUT2D eigenvalue weighted by Crippen LogP contribution is 2.20. The molecule has 0 aromatic heterocycles. The Kier molecular flexibility index (Phi) is 5.87. The average molecular weight is 297 g/mol. The van der Waals surface area contributed by atoms with E-state index in [1.807, 2.05) is 34.6 Å². The van der Waals surface area contributed by atoms with E-state index < -0.39 is 11.6 Å². The molecule has 0 saturated heterocycles. The predicted octanol–water partition coefficient (Wildman–Crippen LogP) is 4.08. The quantitative estimate of drug-likeness (QED) is 0.871. The van der Waals surface area contributed by atoms with Crippen LogP contribution in [-0.2, 0) is 11.2 Å². The molecule has 1 atom stereocenters. The van der Waals surface area contributed by atoms with Crippen molar-refractivity contribution in [3.05, 3.63) is 35.4 Å². The largest absolute Gasteiger partial charge is 0.351 e. The van der Waals surface area contributed by atoms with Crippen molar-refractivity contribution in [1.82, 2.24) is 5.32 Å². The fourth-order valence-electron chi connectivity index (χ4n) is 2.31. The maximum atomic E-state index is 13.2. The molecule has 0 fully saturated rings. The van der Waals surface area contributed by atoms with Gasteiger partial charge >= 0.3 is 0 Å². The SMILES string of the molecule is CC(C)C(CCc1cc(F)cc(F)c1)C(=O)NC(C)(C)C. The highest BCUT2D eigenvalue weighted by atomic mass is 19.1. The van der Waals surface area contributed by atoms with Gasteiger partial charge in [0.15, 0.2) is 0 Å². The first kappa shape index (κ1) is 17.6. The third-order valence-electron chi connectivity index (χ3n) is 3.31. The molecule has 1 amide bonds. The third kappa shape index (κ3) is 6.23. The first-order valence-corrected chi connectivity index (χ1v) is 7.35. The number of carbonyl (C=O) groups is 1. The third-order valence-corrected chi connectivity index (χ3v) is 3.31. The van der Waals surface area contributed by atoms with Crippen molar-refractivity contribution in [2.24, 2.45) is 11.8 Å². The van der Waals surface area contributed by atoms with Gasteiger partial charge in [-0.3, -0.25) is 4.79 Å². The van der Waals surface area contributed by atoms with Crippen LogP contribution in [0.25, 0.3) is 0 Å². The molecule has 0 aliphatic carbocycles. The summed E-state index contributed by atoms with van der Waals surface area (Å²) in [5.74, 6) is -1.16. The molecule has 2 nitrogen and oxygen atoms in total. The maximum Gasteiger partial charge on any atom is 0.223 e. The number of halogens is 2. The van der Waals surface area contributed by atoms with Gasteiger partial charge in [0.25, 0.3) is 0 Å². The van der Waals surface area contributed by atoms with Crippen LogP contribution in [0.3, 0.4) is 0 Å². The second-order valence-electron chi connectivity index (χ2n) is 6.91. The number of nitrogens with one attached hydrogen (secondary N) is 1. The Morgan fingerprint density at radius 1 is 1.14 bits per heavy atom. The van der Waals surface area contributed by atoms with E-state index in [0.29, 0.717) is 18.4 Å². The molecule has 0 aliphatic rings. The zero-order valence-electron chi connectivity index (χ0n) is 13.5. The Labute approximate surface area is 125 Å². The number of aryl methyl sites for hydroxylation is 1. The summed E-state index contributed by atoms with van der Waals surface area (Å²) >= 11 is 0. The lowest BCUT2D eigenvalue weighted by atomic mass is 9.88. The summed E-state index contributed by atoms with van der Waals surface area (Å²) in [4.78, 5) is 12.3. The number of benzene rings is 1. The van der Waals surface area contributed by atoms with Gasteiger partial charge in [-0.15, -0.1) is 0 Å². The molecular formula is C17H25F2NO. The van der Waals surface area contributed by atoms with Crippen molar-refractivity contribution in [3.8, 4) is 0 Å². The average Bonchev–Trinajstić information content (AvgIpc) is 2.24. The molecule has 1 N–H and O–H groups in total. The van der Waals surface area contributed by atoms with Gasteiger partial charge in [0.2, 0.25) is 5.91 Å². The van der Waals surface area contributed by atoms with E-state index in [9.17, 15) is 13.6 Å². The van der Waals surface area contributed by atoms with Crippen LogP contribution in [0.4, 0.5) is 8.78 Å². The lowest BCUT2D eigenvalue weighted by Gasteiger charge is -2.27. The molecule has 1 aromatic rings. The smallest absolute Gasteiger partial charge is 0.223 e. The second kappa shape index (κ2) is 7.01. The Morgan fingerprint density at radius 3 is 2.10 bits per heavy atom. The van der Waals surface area contributed by atoms with E-state index in [-0.39, 0.29) is 23.3 Å². The molecule has 21 heavy (non-hydrogen) atoms. The molecule has 118 valence electrons. The van der Waals surface area contributed by atoms with Crippen LogP contribution in [-0.4, -0.2) is 11.4 Å². The van der Waals surface area contributed by atoms with Gasteiger partial charge in [0.05, 0.1) is 0 Å². The van der Waals surface area contributed by atoms with Gasteiger partial charge < -0.3 is 5.32 Å². The van der Waals surface area contributed by atoms with Gasteiger partial charge in [-0.25, -0.2) is 8.78 Å². The first-order chi connectivity index (χ1) is 9.58. The highest BCUT2D eigenvalue weighted by Gasteiger charge is 2.25. The van der Waals surface area contributed by atoms with E-state index in [4.69, 9.17) is 0 Å². The lowest BCUT2D eigenvalue weighted by Crippen LogP contribution is -2.45. The zero-order chi connectivity index (χ0) is 16.2. The number of hydrogen-bond donors (Lipinski definition) is 1. The Bertz CT molecular complexity index is 472. The molecule has 0 spiro atoms. The first-order valence-electron chi connectivity index (χ1n) is 7.35. The van der Waals surface area contributed by atoms with Crippen LogP contribution in [0.15, 0.2) is 18.2 Å². The molecule has 0 heterocycles. The molecule has 1 aromatic carbocycles. The minimum Gasteiger partial charge on any atom is -0.351 e. The summed E-state index contributed by atoms with van der Waals surface area (Å²) in [5.41, 5.74) is 0.302. The minimum absolute atomic E-state index is 0.00521. The maximum absolute atomic E-state index is 13.2. The Hall–Kier alpha value is -1.45. The van der Waals surface area contributed by atoms with Crippen molar-refractivity contribution in [3.63, 3.8) is 0 Å². The van der Waals surface area contributed by atoms with Crippen LogP contribution in [0.5, 0.6) is 0 Å². The van der Waals surface area contributed by atoms with Crippen molar-refractivity contribution in [2.45, 2.75) is 53.0 Å². The van der Waals surface area contributed by atoms with E-state index in [2.05, 4.69) is 5.32 Å². The van der Waals surface area contributed by atoms with Gasteiger partial charge in [0.1, 0.15) is 11.6 Å². The molecule has 0 radical (unpaired) electrons. The Morgan fingerprint density at radius 2 is 1.67 bits per heavy atom. The second-order valence-corrected chi connectivity index (χ2v) is 6.91. The molecule has 4 heteroatoms. The van der Waals surface area contributed by atoms with E-state index in [1.165, 1.54) is 12.1 Å². The van der Waals surface area contributed by atoms with E-state index in [1.54, 1.807) is 0 Å². The fourth-order valence-corrected chi connectivity index (χ4v) is 2.31. The number of carbonyl (C=O) groups excluding carboxylic acids is 1. The number of rotatable bonds is 5. The number of hydrogen-bond acceptors (Lipinski definition) is 1. The minimum atomic E-state index is -0.578. The normalized spacial score (nSPS) is 13.3. The van der Waals surface area contributed by atoms with E-state index in [0.717, 1.165) is 6.07 Å². The summed E-state index contributed by atoms with van der Waals surface area (Å²) in [6.07, 6.45) is 1.05. The van der Waals surface area contributed by atoms with Crippen molar-refractivity contribution in [1.29, 1.82) is 0 Å². The zero-order valence-corrected chi connectivity index (χ0v) is 13.5. The highest BCUT2D eigenvalue weighted by molar-refractivity contribution is 5.79. The van der Waals surface area contributed by atoms with Crippen molar-refractivity contribution in [2.75, 3.05) is 0 Å². The predicted molar refractivity (Wildman–Crippen MR) is 80.9 cm³/mol. The van der Waals surface area contributed by atoms with Crippen LogP contribution in [0.1, 0.15) is 46.6 Å². The number of amides is 1. The van der Waals surface area contributed by atoms with Crippen LogP contribution < -0.4 is 5.32 Å². The van der Waals surface area contributed by atoms with Crippen LogP contribution in [0, 0.1) is 23.5 Å². The molecular weight excluding hydrogens is 272 g/mol. The summed E-state index contributed by atoms with van der Waals surface area (Å²) in [6, 6.07) is 3.50. The van der Waals surface area contributed by atoms with Crippen molar-refractivity contribution < 1.29 is 13.6 Å².